The molecule has 0 radical (unpaired) electrons. The Morgan fingerprint density at radius 3 is 2.88 bits per heavy atom. The third-order valence-corrected chi connectivity index (χ3v) is 4.30. The van der Waals surface area contributed by atoms with Gasteiger partial charge in [0.15, 0.2) is 11.5 Å². The van der Waals surface area contributed by atoms with Gasteiger partial charge in [0.25, 0.3) is 5.91 Å². The van der Waals surface area contributed by atoms with E-state index in [-0.39, 0.29) is 12.5 Å². The van der Waals surface area contributed by atoms with Crippen molar-refractivity contribution in [2.45, 2.75) is 6.54 Å². The van der Waals surface area contributed by atoms with Gasteiger partial charge in [-0.1, -0.05) is 23.7 Å². The number of carbonyl (C=O) groups excluding carboxylic acids is 1. The molecule has 2 aromatic rings. The molecule has 2 aliphatic rings. The molecular formula is C19H16ClNO4. The number of benzene rings is 2. The minimum absolute atomic E-state index is 0.181. The molecule has 0 spiro atoms. The maximum absolute atomic E-state index is 12.5. The second-order valence-corrected chi connectivity index (χ2v) is 6.20. The summed E-state index contributed by atoms with van der Waals surface area (Å²) in [6.45, 7) is 1.63. The number of hydrogen-bond acceptors (Lipinski definition) is 4. The third kappa shape index (κ3) is 3.28. The maximum Gasteiger partial charge on any atom is 0.250 e. The van der Waals surface area contributed by atoms with Crippen LogP contribution >= 0.6 is 11.6 Å². The number of ether oxygens (including phenoxy) is 3. The molecule has 5 nitrogen and oxygen atoms in total. The molecule has 0 fully saturated rings. The van der Waals surface area contributed by atoms with Gasteiger partial charge < -0.3 is 19.5 Å². The van der Waals surface area contributed by atoms with E-state index in [1.165, 1.54) is 0 Å². The van der Waals surface area contributed by atoms with Crippen molar-refractivity contribution in [1.82, 2.24) is 5.32 Å². The van der Waals surface area contributed by atoms with Crippen LogP contribution in [0.15, 0.2) is 42.0 Å². The molecule has 25 heavy (non-hydrogen) atoms. The van der Waals surface area contributed by atoms with E-state index in [9.17, 15) is 4.79 Å². The summed E-state index contributed by atoms with van der Waals surface area (Å²) < 4.78 is 16.8. The van der Waals surface area contributed by atoms with Crippen LogP contribution in [0.1, 0.15) is 11.1 Å². The van der Waals surface area contributed by atoms with Crippen molar-refractivity contribution in [3.05, 3.63) is 58.1 Å². The summed E-state index contributed by atoms with van der Waals surface area (Å²) in [5.41, 5.74) is 2.24. The van der Waals surface area contributed by atoms with Crippen LogP contribution in [-0.2, 0) is 11.3 Å². The largest absolute Gasteiger partial charge is 0.488 e. The number of rotatable bonds is 3. The SMILES string of the molecule is O=C(NCc1cccc2c1OCCO2)C1=Cc2cc(Cl)ccc2OC1. The summed E-state index contributed by atoms with van der Waals surface area (Å²) >= 11 is 6.00. The van der Waals surface area contributed by atoms with Crippen LogP contribution in [0.25, 0.3) is 6.08 Å². The molecule has 0 aromatic heterocycles. The highest BCUT2D eigenvalue weighted by Gasteiger charge is 2.19. The lowest BCUT2D eigenvalue weighted by atomic mass is 10.1. The number of halogens is 1. The average molecular weight is 358 g/mol. The lowest BCUT2D eigenvalue weighted by molar-refractivity contribution is -0.117. The Kier molecular flexibility index (Phi) is 4.24. The standard InChI is InChI=1S/C19H16ClNO4/c20-15-4-5-16-13(9-15)8-14(11-25-16)19(22)21-10-12-2-1-3-17-18(12)24-7-6-23-17/h1-5,8-9H,6-7,10-11H2,(H,21,22). The lowest BCUT2D eigenvalue weighted by Crippen LogP contribution is -2.28. The smallest absolute Gasteiger partial charge is 0.250 e. The van der Waals surface area contributed by atoms with Crippen molar-refractivity contribution in [3.8, 4) is 17.2 Å². The summed E-state index contributed by atoms with van der Waals surface area (Å²) in [5.74, 6) is 1.95. The molecule has 2 aromatic carbocycles. The minimum atomic E-state index is -0.181. The van der Waals surface area contributed by atoms with E-state index in [2.05, 4.69) is 5.32 Å². The van der Waals surface area contributed by atoms with Crippen molar-refractivity contribution < 1.29 is 19.0 Å². The summed E-state index contributed by atoms with van der Waals surface area (Å²) in [7, 11) is 0. The third-order valence-electron chi connectivity index (χ3n) is 4.06. The highest BCUT2D eigenvalue weighted by molar-refractivity contribution is 6.30. The Balaban J connectivity index is 1.48. The lowest BCUT2D eigenvalue weighted by Gasteiger charge is -2.21. The van der Waals surface area contributed by atoms with Gasteiger partial charge in [0.1, 0.15) is 25.6 Å². The van der Waals surface area contributed by atoms with E-state index in [1.807, 2.05) is 18.2 Å². The summed E-state index contributed by atoms with van der Waals surface area (Å²) in [5, 5.41) is 3.51. The van der Waals surface area contributed by atoms with E-state index in [4.69, 9.17) is 25.8 Å². The predicted molar refractivity (Wildman–Crippen MR) is 94.2 cm³/mol. The van der Waals surface area contributed by atoms with Crippen LogP contribution in [0.5, 0.6) is 17.2 Å². The molecule has 0 unspecified atom stereocenters. The number of carbonyl (C=O) groups is 1. The molecule has 0 saturated carbocycles. The van der Waals surface area contributed by atoms with Gasteiger partial charge in [-0.3, -0.25) is 4.79 Å². The highest BCUT2D eigenvalue weighted by Crippen LogP contribution is 2.33. The fourth-order valence-electron chi connectivity index (χ4n) is 2.84. The molecule has 0 bridgehead atoms. The second kappa shape index (κ2) is 6.69. The first-order valence-electron chi connectivity index (χ1n) is 7.99. The summed E-state index contributed by atoms with van der Waals surface area (Å²) in [4.78, 5) is 12.5. The first-order valence-corrected chi connectivity index (χ1v) is 8.37. The number of nitrogens with one attached hydrogen (secondary N) is 1. The number of para-hydroxylation sites is 1. The van der Waals surface area contributed by atoms with Gasteiger partial charge in [0, 0.05) is 22.7 Å². The van der Waals surface area contributed by atoms with Crippen LogP contribution in [0.2, 0.25) is 5.02 Å². The zero-order chi connectivity index (χ0) is 17.2. The maximum atomic E-state index is 12.5. The molecule has 2 aliphatic heterocycles. The molecule has 0 aliphatic carbocycles. The number of fused-ring (bicyclic) bond motifs is 2. The van der Waals surface area contributed by atoms with E-state index in [0.717, 1.165) is 16.9 Å². The van der Waals surface area contributed by atoms with Crippen molar-refractivity contribution >= 4 is 23.6 Å². The molecule has 4 rings (SSSR count). The summed E-state index contributed by atoms with van der Waals surface area (Å²) in [6.07, 6.45) is 1.81. The fraction of sp³-hybridized carbons (Fsp3) is 0.211. The van der Waals surface area contributed by atoms with E-state index in [1.54, 1.807) is 24.3 Å². The van der Waals surface area contributed by atoms with Gasteiger partial charge in [0.05, 0.1) is 5.57 Å². The van der Waals surface area contributed by atoms with Gasteiger partial charge >= 0.3 is 0 Å². The first-order chi connectivity index (χ1) is 12.2. The van der Waals surface area contributed by atoms with Crippen LogP contribution < -0.4 is 19.5 Å². The van der Waals surface area contributed by atoms with Gasteiger partial charge in [-0.2, -0.15) is 0 Å². The Morgan fingerprint density at radius 2 is 1.96 bits per heavy atom. The quantitative estimate of drug-likeness (QED) is 0.916. The number of hydrogen-bond donors (Lipinski definition) is 1. The molecule has 0 atom stereocenters. The van der Waals surface area contributed by atoms with Crippen LogP contribution in [0.3, 0.4) is 0 Å². The highest BCUT2D eigenvalue weighted by atomic mass is 35.5. The van der Waals surface area contributed by atoms with Crippen molar-refractivity contribution in [3.63, 3.8) is 0 Å². The zero-order valence-electron chi connectivity index (χ0n) is 13.4. The molecule has 1 amide bonds. The van der Waals surface area contributed by atoms with Crippen LogP contribution in [0.4, 0.5) is 0 Å². The van der Waals surface area contributed by atoms with Crippen molar-refractivity contribution in [2.24, 2.45) is 0 Å². The second-order valence-electron chi connectivity index (χ2n) is 5.76. The van der Waals surface area contributed by atoms with E-state index >= 15 is 0 Å². The topological polar surface area (TPSA) is 56.8 Å². The molecule has 1 N–H and O–H groups in total. The average Bonchev–Trinajstić information content (AvgIpc) is 2.65. The molecule has 6 heteroatoms. The van der Waals surface area contributed by atoms with Crippen molar-refractivity contribution in [2.75, 3.05) is 19.8 Å². The van der Waals surface area contributed by atoms with Crippen molar-refractivity contribution in [1.29, 1.82) is 0 Å². The van der Waals surface area contributed by atoms with Gasteiger partial charge in [0.2, 0.25) is 0 Å². The first kappa shape index (κ1) is 15.8. The van der Waals surface area contributed by atoms with E-state index in [0.29, 0.717) is 41.9 Å². The normalized spacial score (nSPS) is 14.8. The summed E-state index contributed by atoms with van der Waals surface area (Å²) in [6, 6.07) is 11.0. The Morgan fingerprint density at radius 1 is 1.08 bits per heavy atom. The van der Waals surface area contributed by atoms with Crippen LogP contribution in [0, 0.1) is 0 Å². The monoisotopic (exact) mass is 357 g/mol. The van der Waals surface area contributed by atoms with Crippen LogP contribution in [-0.4, -0.2) is 25.7 Å². The Hall–Kier alpha value is -2.66. The molecular weight excluding hydrogens is 342 g/mol. The Labute approximate surface area is 150 Å². The van der Waals surface area contributed by atoms with Gasteiger partial charge in [-0.05, 0) is 30.3 Å². The fourth-order valence-corrected chi connectivity index (χ4v) is 3.02. The van der Waals surface area contributed by atoms with E-state index < -0.39 is 0 Å². The van der Waals surface area contributed by atoms with Gasteiger partial charge in [-0.25, -0.2) is 0 Å². The molecule has 128 valence electrons. The Bertz CT molecular complexity index is 862. The predicted octanol–water partition coefficient (Wildman–Crippen LogP) is 3.20. The zero-order valence-corrected chi connectivity index (χ0v) is 14.1. The molecule has 0 saturated heterocycles. The van der Waals surface area contributed by atoms with Gasteiger partial charge in [-0.15, -0.1) is 0 Å². The number of amides is 1. The molecule has 2 heterocycles. The minimum Gasteiger partial charge on any atom is -0.488 e.